The van der Waals surface area contributed by atoms with E-state index in [1.165, 1.54) is 5.56 Å². The van der Waals surface area contributed by atoms with Gasteiger partial charge in [0, 0.05) is 33.3 Å². The lowest BCUT2D eigenvalue weighted by Gasteiger charge is -2.39. The predicted molar refractivity (Wildman–Crippen MR) is 84.3 cm³/mol. The van der Waals surface area contributed by atoms with E-state index in [0.717, 1.165) is 52.0 Å². The molecule has 1 unspecified atom stereocenters. The van der Waals surface area contributed by atoms with Crippen LogP contribution in [0.5, 0.6) is 0 Å². The van der Waals surface area contributed by atoms with E-state index in [0.29, 0.717) is 12.5 Å². The molecule has 2 aliphatic rings. The molecule has 0 bridgehead atoms. The summed E-state index contributed by atoms with van der Waals surface area (Å²) in [5.41, 5.74) is 1.25. The summed E-state index contributed by atoms with van der Waals surface area (Å²) >= 11 is 1.75. The Labute approximate surface area is 130 Å². The summed E-state index contributed by atoms with van der Waals surface area (Å²) in [6.07, 6.45) is 3.19. The van der Waals surface area contributed by atoms with Gasteiger partial charge in [-0.2, -0.15) is 11.3 Å². The van der Waals surface area contributed by atoms with Gasteiger partial charge in [0.25, 0.3) is 0 Å². The number of hydrogen-bond acceptors (Lipinski definition) is 4. The van der Waals surface area contributed by atoms with E-state index in [4.69, 9.17) is 4.74 Å². The van der Waals surface area contributed by atoms with Crippen LogP contribution in [0.3, 0.4) is 0 Å². The number of likely N-dealkylation sites (tertiary alicyclic amines) is 2. The minimum Gasteiger partial charge on any atom is -0.383 e. The first-order valence-electron chi connectivity index (χ1n) is 7.75. The number of carbonyl (C=O) groups excluding carboxylic acids is 1. The first-order chi connectivity index (χ1) is 10.2. The highest BCUT2D eigenvalue weighted by molar-refractivity contribution is 7.07. The maximum atomic E-state index is 12.8. The minimum atomic E-state index is -0.123. The summed E-state index contributed by atoms with van der Waals surface area (Å²) in [7, 11) is 1.69. The zero-order valence-electron chi connectivity index (χ0n) is 12.7. The first kappa shape index (κ1) is 15.0. The quantitative estimate of drug-likeness (QED) is 0.836. The van der Waals surface area contributed by atoms with Gasteiger partial charge in [-0.1, -0.05) is 0 Å². The van der Waals surface area contributed by atoms with Gasteiger partial charge in [0.15, 0.2) is 0 Å². The second kappa shape index (κ2) is 6.46. The number of amides is 1. The van der Waals surface area contributed by atoms with Crippen molar-refractivity contribution in [2.45, 2.75) is 25.8 Å². The Morgan fingerprint density at radius 2 is 2.29 bits per heavy atom. The van der Waals surface area contributed by atoms with Crippen molar-refractivity contribution in [2.24, 2.45) is 5.41 Å². The molecule has 0 aliphatic carbocycles. The number of ether oxygens (including phenoxy) is 1. The lowest BCUT2D eigenvalue weighted by atomic mass is 9.78. The third-order valence-corrected chi connectivity index (χ3v) is 5.54. The average Bonchev–Trinajstić information content (AvgIpc) is 3.09. The molecule has 0 aromatic carbocycles. The van der Waals surface area contributed by atoms with Crippen molar-refractivity contribution >= 4 is 17.2 Å². The second-order valence-corrected chi connectivity index (χ2v) is 7.04. The smallest absolute Gasteiger partial charge is 0.230 e. The van der Waals surface area contributed by atoms with Crippen LogP contribution < -0.4 is 0 Å². The van der Waals surface area contributed by atoms with Crippen LogP contribution in [0.2, 0.25) is 0 Å². The van der Waals surface area contributed by atoms with E-state index in [2.05, 4.69) is 21.7 Å². The molecule has 1 atom stereocenters. The number of rotatable bonds is 5. The van der Waals surface area contributed by atoms with E-state index >= 15 is 0 Å². The maximum Gasteiger partial charge on any atom is 0.230 e. The molecule has 3 heterocycles. The average molecular weight is 308 g/mol. The molecule has 1 amide bonds. The molecular formula is C16H24N2O2S. The van der Waals surface area contributed by atoms with Crippen LogP contribution in [0, 0.1) is 5.41 Å². The van der Waals surface area contributed by atoms with Gasteiger partial charge in [-0.05, 0) is 48.2 Å². The van der Waals surface area contributed by atoms with Crippen LogP contribution in [0.4, 0.5) is 0 Å². The molecule has 116 valence electrons. The molecule has 2 saturated heterocycles. The summed E-state index contributed by atoms with van der Waals surface area (Å²) in [6.45, 7) is 5.29. The minimum absolute atomic E-state index is 0.123. The van der Waals surface area contributed by atoms with Crippen molar-refractivity contribution < 1.29 is 9.53 Å². The molecule has 3 rings (SSSR count). The fourth-order valence-corrected chi connectivity index (χ4v) is 4.35. The summed E-state index contributed by atoms with van der Waals surface area (Å²) in [5.74, 6) is 0.356. The van der Waals surface area contributed by atoms with Gasteiger partial charge in [0.1, 0.15) is 0 Å². The standard InChI is InChI=1S/C16H24N2O2S/c1-20-9-8-18-7-5-16(15(18)19)4-2-6-17(13-16)11-14-3-10-21-12-14/h3,10,12H,2,4-9,11,13H2,1H3. The summed E-state index contributed by atoms with van der Waals surface area (Å²) in [5, 5.41) is 4.34. The Morgan fingerprint density at radius 3 is 3.05 bits per heavy atom. The largest absolute Gasteiger partial charge is 0.383 e. The van der Waals surface area contributed by atoms with Crippen LogP contribution in [0.15, 0.2) is 16.8 Å². The molecular weight excluding hydrogens is 284 g/mol. The van der Waals surface area contributed by atoms with Crippen molar-refractivity contribution in [1.29, 1.82) is 0 Å². The van der Waals surface area contributed by atoms with E-state index in [1.54, 1.807) is 18.4 Å². The van der Waals surface area contributed by atoms with Crippen molar-refractivity contribution in [2.75, 3.05) is 39.9 Å². The molecule has 0 radical (unpaired) electrons. The zero-order chi connectivity index (χ0) is 14.7. The molecule has 2 aliphatic heterocycles. The van der Waals surface area contributed by atoms with Crippen molar-refractivity contribution in [3.8, 4) is 0 Å². The number of methoxy groups -OCH3 is 1. The van der Waals surface area contributed by atoms with E-state index in [1.807, 2.05) is 4.90 Å². The Hall–Kier alpha value is -0.910. The van der Waals surface area contributed by atoms with Gasteiger partial charge in [0.2, 0.25) is 5.91 Å². The maximum absolute atomic E-state index is 12.8. The van der Waals surface area contributed by atoms with E-state index in [9.17, 15) is 4.79 Å². The molecule has 21 heavy (non-hydrogen) atoms. The Balaban J connectivity index is 1.63. The SMILES string of the molecule is COCCN1CCC2(CCCN(Cc3ccsc3)C2)C1=O. The van der Waals surface area contributed by atoms with Gasteiger partial charge < -0.3 is 9.64 Å². The Bertz CT molecular complexity index is 477. The fraction of sp³-hybridized carbons (Fsp3) is 0.688. The molecule has 5 heteroatoms. The predicted octanol–water partition coefficient (Wildman–Crippen LogP) is 2.21. The highest BCUT2D eigenvalue weighted by Gasteiger charge is 2.48. The summed E-state index contributed by atoms with van der Waals surface area (Å²) < 4.78 is 5.12. The van der Waals surface area contributed by atoms with Crippen LogP contribution in [0.1, 0.15) is 24.8 Å². The van der Waals surface area contributed by atoms with Gasteiger partial charge in [0.05, 0.1) is 12.0 Å². The molecule has 0 N–H and O–H groups in total. The highest BCUT2D eigenvalue weighted by Crippen LogP contribution is 2.40. The van der Waals surface area contributed by atoms with Gasteiger partial charge in [-0.25, -0.2) is 0 Å². The molecule has 0 saturated carbocycles. The lowest BCUT2D eigenvalue weighted by molar-refractivity contribution is -0.139. The molecule has 1 aromatic heterocycles. The van der Waals surface area contributed by atoms with Crippen molar-refractivity contribution in [1.82, 2.24) is 9.80 Å². The monoisotopic (exact) mass is 308 g/mol. The normalized spacial score (nSPS) is 26.9. The van der Waals surface area contributed by atoms with Crippen LogP contribution in [0.25, 0.3) is 0 Å². The fourth-order valence-electron chi connectivity index (χ4n) is 3.69. The van der Waals surface area contributed by atoms with Crippen LogP contribution in [-0.4, -0.2) is 55.6 Å². The zero-order valence-corrected chi connectivity index (χ0v) is 13.5. The van der Waals surface area contributed by atoms with Crippen molar-refractivity contribution in [3.63, 3.8) is 0 Å². The number of carbonyl (C=O) groups is 1. The van der Waals surface area contributed by atoms with Crippen molar-refractivity contribution in [3.05, 3.63) is 22.4 Å². The van der Waals surface area contributed by atoms with Crippen LogP contribution in [-0.2, 0) is 16.1 Å². The second-order valence-electron chi connectivity index (χ2n) is 6.26. The highest BCUT2D eigenvalue weighted by atomic mass is 32.1. The number of hydrogen-bond donors (Lipinski definition) is 0. The van der Waals surface area contributed by atoms with E-state index < -0.39 is 0 Å². The molecule has 1 spiro atoms. The summed E-state index contributed by atoms with van der Waals surface area (Å²) in [6, 6.07) is 2.19. The topological polar surface area (TPSA) is 32.8 Å². The molecule has 4 nitrogen and oxygen atoms in total. The number of nitrogens with zero attached hydrogens (tertiary/aromatic N) is 2. The van der Waals surface area contributed by atoms with Gasteiger partial charge in [-0.3, -0.25) is 9.69 Å². The Kier molecular flexibility index (Phi) is 4.62. The Morgan fingerprint density at radius 1 is 1.38 bits per heavy atom. The first-order valence-corrected chi connectivity index (χ1v) is 8.69. The van der Waals surface area contributed by atoms with E-state index in [-0.39, 0.29) is 5.41 Å². The number of piperidine rings is 1. The third-order valence-electron chi connectivity index (χ3n) is 4.81. The van der Waals surface area contributed by atoms with Gasteiger partial charge >= 0.3 is 0 Å². The molecule has 2 fully saturated rings. The third kappa shape index (κ3) is 3.15. The molecule has 1 aromatic rings. The van der Waals surface area contributed by atoms with Crippen LogP contribution >= 0.6 is 11.3 Å². The summed E-state index contributed by atoms with van der Waals surface area (Å²) in [4.78, 5) is 17.2. The number of thiophene rings is 1. The lowest BCUT2D eigenvalue weighted by Crippen LogP contribution is -2.47. The van der Waals surface area contributed by atoms with Gasteiger partial charge in [-0.15, -0.1) is 0 Å².